The van der Waals surface area contributed by atoms with Crippen molar-refractivity contribution in [2.75, 3.05) is 0 Å². The monoisotopic (exact) mass is 390 g/mol. The molecular formula is C21H20Cl2O3. The summed E-state index contributed by atoms with van der Waals surface area (Å²) in [6, 6.07) is 12.2. The van der Waals surface area contributed by atoms with Gasteiger partial charge in [0.05, 0.1) is 16.0 Å². The first kappa shape index (κ1) is 18.9. The van der Waals surface area contributed by atoms with Gasteiger partial charge in [0, 0.05) is 11.5 Å². The highest BCUT2D eigenvalue weighted by molar-refractivity contribution is 6.42. The Labute approximate surface area is 163 Å². The lowest BCUT2D eigenvalue weighted by molar-refractivity contribution is -0.136. The van der Waals surface area contributed by atoms with Gasteiger partial charge in [-0.05, 0) is 47.7 Å². The Kier molecular flexibility index (Phi) is 5.14. The van der Waals surface area contributed by atoms with Crippen molar-refractivity contribution >= 4 is 35.0 Å². The van der Waals surface area contributed by atoms with Gasteiger partial charge in [-0.3, -0.25) is 9.59 Å². The third kappa shape index (κ3) is 4.11. The summed E-state index contributed by atoms with van der Waals surface area (Å²) in [5.74, 6) is -0.732. The lowest BCUT2D eigenvalue weighted by Crippen LogP contribution is -2.15. The van der Waals surface area contributed by atoms with Crippen LogP contribution in [-0.4, -0.2) is 11.8 Å². The third-order valence-corrected chi connectivity index (χ3v) is 5.31. The molecule has 3 rings (SSSR count). The van der Waals surface area contributed by atoms with Gasteiger partial charge in [-0.2, -0.15) is 0 Å². The van der Waals surface area contributed by atoms with Crippen LogP contribution in [0.15, 0.2) is 42.5 Å². The van der Waals surface area contributed by atoms with Crippen LogP contribution in [0.3, 0.4) is 0 Å². The van der Waals surface area contributed by atoms with Crippen LogP contribution in [0.1, 0.15) is 43.1 Å². The van der Waals surface area contributed by atoms with Gasteiger partial charge in [0.25, 0.3) is 0 Å². The van der Waals surface area contributed by atoms with Crippen LogP contribution >= 0.6 is 23.2 Å². The Bertz CT molecular complexity index is 851. The molecule has 0 aliphatic heterocycles. The van der Waals surface area contributed by atoms with E-state index >= 15 is 0 Å². The molecule has 1 aliphatic carbocycles. The third-order valence-electron chi connectivity index (χ3n) is 4.57. The molecule has 0 unspecified atom stereocenters. The van der Waals surface area contributed by atoms with E-state index in [0.717, 1.165) is 5.56 Å². The summed E-state index contributed by atoms with van der Waals surface area (Å²) in [6.45, 7) is 6.37. The van der Waals surface area contributed by atoms with Gasteiger partial charge in [0.1, 0.15) is 5.75 Å². The largest absolute Gasteiger partial charge is 0.426 e. The number of carbonyl (C=O) groups is 2. The number of hydrogen-bond acceptors (Lipinski definition) is 3. The Morgan fingerprint density at radius 1 is 0.962 bits per heavy atom. The maximum Gasteiger partial charge on any atom is 0.315 e. The molecule has 5 heteroatoms. The quantitative estimate of drug-likeness (QED) is 0.381. The lowest BCUT2D eigenvalue weighted by Gasteiger charge is -2.19. The molecule has 26 heavy (non-hydrogen) atoms. The average molecular weight is 391 g/mol. The summed E-state index contributed by atoms with van der Waals surface area (Å²) in [5.41, 5.74) is 1.67. The van der Waals surface area contributed by atoms with E-state index < -0.39 is 5.92 Å². The summed E-state index contributed by atoms with van der Waals surface area (Å²) in [5, 5.41) is 0.727. The molecule has 136 valence electrons. The standard InChI is InChI=1S/C21H20Cl2O3/c1-21(2,3)13-5-7-14(8-6-13)26-20(25)16-11-15(16)19(24)12-4-9-17(22)18(23)10-12/h4-10,15-16H,11H2,1-3H3/t15-,16-/m0/s1. The molecule has 0 N–H and O–H groups in total. The first-order chi connectivity index (χ1) is 12.2. The summed E-state index contributed by atoms with van der Waals surface area (Å²) in [4.78, 5) is 24.8. The highest BCUT2D eigenvalue weighted by atomic mass is 35.5. The van der Waals surface area contributed by atoms with Crippen LogP contribution < -0.4 is 4.74 Å². The SMILES string of the molecule is CC(C)(C)c1ccc(OC(=O)[C@H]2C[C@@H]2C(=O)c2ccc(Cl)c(Cl)c2)cc1. The Hall–Kier alpha value is -1.84. The number of ketones is 1. The zero-order valence-corrected chi connectivity index (χ0v) is 16.4. The number of benzene rings is 2. The van der Waals surface area contributed by atoms with Crippen LogP contribution in [0.2, 0.25) is 10.0 Å². The van der Waals surface area contributed by atoms with Crippen molar-refractivity contribution in [2.45, 2.75) is 32.6 Å². The molecule has 1 aliphatic rings. The molecule has 1 saturated carbocycles. The molecule has 2 atom stereocenters. The maximum atomic E-state index is 12.5. The highest BCUT2D eigenvalue weighted by Crippen LogP contribution is 2.42. The van der Waals surface area contributed by atoms with Crippen molar-refractivity contribution in [3.63, 3.8) is 0 Å². The van der Waals surface area contributed by atoms with Gasteiger partial charge < -0.3 is 4.74 Å². The van der Waals surface area contributed by atoms with Crippen molar-refractivity contribution in [3.05, 3.63) is 63.6 Å². The number of esters is 1. The van der Waals surface area contributed by atoms with Crippen LogP contribution in [0, 0.1) is 11.8 Å². The van der Waals surface area contributed by atoms with Crippen molar-refractivity contribution in [1.29, 1.82) is 0 Å². The van der Waals surface area contributed by atoms with E-state index in [2.05, 4.69) is 20.8 Å². The second kappa shape index (κ2) is 7.05. The van der Waals surface area contributed by atoms with Crippen molar-refractivity contribution in [1.82, 2.24) is 0 Å². The molecule has 0 aromatic heterocycles. The molecule has 2 aromatic rings. The molecule has 0 heterocycles. The van der Waals surface area contributed by atoms with Crippen LogP contribution in [0.4, 0.5) is 0 Å². The van der Waals surface area contributed by atoms with E-state index in [0.29, 0.717) is 27.8 Å². The van der Waals surface area contributed by atoms with Crippen LogP contribution in [-0.2, 0) is 10.2 Å². The molecule has 0 bridgehead atoms. The fourth-order valence-electron chi connectivity index (χ4n) is 2.82. The van der Waals surface area contributed by atoms with Crippen molar-refractivity contribution in [2.24, 2.45) is 11.8 Å². The summed E-state index contributed by atoms with van der Waals surface area (Å²) in [7, 11) is 0. The molecule has 0 radical (unpaired) electrons. The normalized spacial score (nSPS) is 19.1. The molecule has 3 nitrogen and oxygen atoms in total. The van der Waals surface area contributed by atoms with E-state index in [-0.39, 0.29) is 23.1 Å². The van der Waals surface area contributed by atoms with Gasteiger partial charge >= 0.3 is 5.97 Å². The van der Waals surface area contributed by atoms with E-state index in [1.807, 2.05) is 12.1 Å². The molecule has 0 spiro atoms. The van der Waals surface area contributed by atoms with E-state index in [1.165, 1.54) is 6.07 Å². The van der Waals surface area contributed by atoms with Crippen LogP contribution in [0.25, 0.3) is 0 Å². The predicted molar refractivity (Wildman–Crippen MR) is 103 cm³/mol. The number of rotatable bonds is 4. The minimum atomic E-state index is -0.403. The lowest BCUT2D eigenvalue weighted by atomic mass is 9.87. The fraction of sp³-hybridized carbons (Fsp3) is 0.333. The van der Waals surface area contributed by atoms with Gasteiger partial charge in [-0.25, -0.2) is 0 Å². The number of hydrogen-bond donors (Lipinski definition) is 0. The molecule has 0 amide bonds. The topological polar surface area (TPSA) is 43.4 Å². The van der Waals surface area contributed by atoms with Gasteiger partial charge in [0.2, 0.25) is 0 Å². The number of carbonyl (C=O) groups excluding carboxylic acids is 2. The summed E-state index contributed by atoms with van der Waals surface area (Å²) < 4.78 is 5.43. The summed E-state index contributed by atoms with van der Waals surface area (Å²) >= 11 is 11.8. The van der Waals surface area contributed by atoms with E-state index in [9.17, 15) is 9.59 Å². The highest BCUT2D eigenvalue weighted by Gasteiger charge is 2.49. The Balaban J connectivity index is 1.62. The fourth-order valence-corrected chi connectivity index (χ4v) is 3.12. The number of halogens is 2. The number of Topliss-reactive ketones (excluding diaryl/α,β-unsaturated/α-hetero) is 1. The zero-order valence-electron chi connectivity index (χ0n) is 14.9. The Morgan fingerprint density at radius 2 is 1.62 bits per heavy atom. The molecule has 1 fully saturated rings. The average Bonchev–Trinajstić information content (AvgIpc) is 3.37. The zero-order chi connectivity index (χ0) is 19.1. The van der Waals surface area contributed by atoms with Gasteiger partial charge in [-0.1, -0.05) is 56.1 Å². The number of ether oxygens (including phenoxy) is 1. The molecule has 2 aromatic carbocycles. The van der Waals surface area contributed by atoms with Crippen molar-refractivity contribution in [3.8, 4) is 5.75 Å². The first-order valence-corrected chi connectivity index (χ1v) is 9.24. The van der Waals surface area contributed by atoms with Crippen molar-refractivity contribution < 1.29 is 14.3 Å². The molecule has 0 saturated heterocycles. The van der Waals surface area contributed by atoms with Crippen LogP contribution in [0.5, 0.6) is 5.75 Å². The molecular weight excluding hydrogens is 371 g/mol. The second-order valence-corrected chi connectivity index (χ2v) is 8.45. The minimum Gasteiger partial charge on any atom is -0.426 e. The second-order valence-electron chi connectivity index (χ2n) is 7.64. The first-order valence-electron chi connectivity index (χ1n) is 8.48. The predicted octanol–water partition coefficient (Wildman–Crippen LogP) is 5.72. The van der Waals surface area contributed by atoms with Gasteiger partial charge in [-0.15, -0.1) is 0 Å². The van der Waals surface area contributed by atoms with Gasteiger partial charge in [0.15, 0.2) is 5.78 Å². The van der Waals surface area contributed by atoms with E-state index in [4.69, 9.17) is 27.9 Å². The van der Waals surface area contributed by atoms with E-state index in [1.54, 1.807) is 24.3 Å². The minimum absolute atomic E-state index is 0.0381. The smallest absolute Gasteiger partial charge is 0.315 e. The summed E-state index contributed by atoms with van der Waals surface area (Å²) in [6.07, 6.45) is 0.498. The maximum absolute atomic E-state index is 12.5. The Morgan fingerprint density at radius 3 is 2.19 bits per heavy atom.